The van der Waals surface area contributed by atoms with Crippen LogP contribution in [0.3, 0.4) is 0 Å². The third kappa shape index (κ3) is 3.05. The van der Waals surface area contributed by atoms with Crippen molar-refractivity contribution < 1.29 is 13.5 Å². The molecule has 0 amide bonds. The summed E-state index contributed by atoms with van der Waals surface area (Å²) in [5.41, 5.74) is 0. The molecule has 0 atom stereocenters. The molecule has 0 aliphatic rings. The van der Waals surface area contributed by atoms with E-state index in [1.807, 2.05) is 0 Å². The first-order valence-corrected chi connectivity index (χ1v) is 5.61. The lowest BCUT2D eigenvalue weighted by Crippen LogP contribution is -2.28. The maximum absolute atomic E-state index is 11.1. The van der Waals surface area contributed by atoms with Gasteiger partial charge in [0.1, 0.15) is 12.2 Å². The molecule has 0 saturated carbocycles. The number of sulfonamides is 1. The Kier molecular flexibility index (Phi) is 3.55. The van der Waals surface area contributed by atoms with Gasteiger partial charge in [-0.3, -0.25) is 0 Å². The third-order valence-corrected chi connectivity index (χ3v) is 2.92. The lowest BCUT2D eigenvalue weighted by Gasteiger charge is -2.03. The largest absolute Gasteiger partial charge is 0.395 e. The van der Waals surface area contributed by atoms with Gasteiger partial charge in [0.15, 0.2) is 0 Å². The molecule has 0 fully saturated rings. The third-order valence-electron chi connectivity index (χ3n) is 1.62. The number of aryl methyl sites for hydroxylation is 1. The molecule has 0 spiro atoms. The molecule has 7 nitrogen and oxygen atoms in total. The minimum absolute atomic E-state index is 0.0822. The standard InChI is InChI=1S/C6H12N4O3S/c1-10-5-7-9-6(10)4-8-14(12,13)3-2-11/h5,8,11H,2-4H2,1H3. The molecule has 80 valence electrons. The zero-order chi connectivity index (χ0) is 10.6. The number of hydrogen-bond acceptors (Lipinski definition) is 5. The topological polar surface area (TPSA) is 97.1 Å². The van der Waals surface area contributed by atoms with E-state index in [4.69, 9.17) is 5.11 Å². The van der Waals surface area contributed by atoms with Gasteiger partial charge >= 0.3 is 0 Å². The number of aliphatic hydroxyl groups excluding tert-OH is 1. The Morgan fingerprint density at radius 2 is 2.36 bits per heavy atom. The Morgan fingerprint density at radius 1 is 1.64 bits per heavy atom. The number of nitrogens with one attached hydrogen (secondary N) is 1. The van der Waals surface area contributed by atoms with E-state index in [2.05, 4.69) is 14.9 Å². The SMILES string of the molecule is Cn1cnnc1CNS(=O)(=O)CCO. The Bertz CT molecular complexity index is 386. The Morgan fingerprint density at radius 3 is 2.86 bits per heavy atom. The lowest BCUT2D eigenvalue weighted by molar-refractivity contribution is 0.319. The van der Waals surface area contributed by atoms with Crippen LogP contribution in [-0.4, -0.2) is 40.6 Å². The fraction of sp³-hybridized carbons (Fsp3) is 0.667. The minimum Gasteiger partial charge on any atom is -0.395 e. The van der Waals surface area contributed by atoms with Crippen molar-refractivity contribution in [3.05, 3.63) is 12.2 Å². The van der Waals surface area contributed by atoms with Crippen molar-refractivity contribution in [2.75, 3.05) is 12.4 Å². The van der Waals surface area contributed by atoms with Crippen molar-refractivity contribution in [3.63, 3.8) is 0 Å². The minimum atomic E-state index is -3.41. The van der Waals surface area contributed by atoms with Crippen LogP contribution in [0.25, 0.3) is 0 Å². The number of hydrogen-bond donors (Lipinski definition) is 2. The summed E-state index contributed by atoms with van der Waals surface area (Å²) < 4.78 is 26.1. The maximum atomic E-state index is 11.1. The highest BCUT2D eigenvalue weighted by Gasteiger charge is 2.10. The molecule has 0 aromatic carbocycles. The van der Waals surface area contributed by atoms with E-state index in [1.54, 1.807) is 11.6 Å². The second-order valence-electron chi connectivity index (χ2n) is 2.72. The summed E-state index contributed by atoms with van der Waals surface area (Å²) in [6.07, 6.45) is 1.48. The summed E-state index contributed by atoms with van der Waals surface area (Å²) in [6, 6.07) is 0. The number of aromatic nitrogens is 3. The molecule has 1 aromatic rings. The molecule has 0 bridgehead atoms. The van der Waals surface area contributed by atoms with Gasteiger partial charge in [0, 0.05) is 7.05 Å². The van der Waals surface area contributed by atoms with Gasteiger partial charge < -0.3 is 9.67 Å². The number of aliphatic hydroxyl groups is 1. The van der Waals surface area contributed by atoms with E-state index < -0.39 is 16.6 Å². The highest BCUT2D eigenvalue weighted by molar-refractivity contribution is 7.89. The smallest absolute Gasteiger partial charge is 0.214 e. The van der Waals surface area contributed by atoms with E-state index in [1.165, 1.54) is 6.33 Å². The maximum Gasteiger partial charge on any atom is 0.214 e. The van der Waals surface area contributed by atoms with E-state index in [0.29, 0.717) is 5.82 Å². The van der Waals surface area contributed by atoms with Crippen molar-refractivity contribution >= 4 is 10.0 Å². The second-order valence-corrected chi connectivity index (χ2v) is 4.65. The average molecular weight is 220 g/mol. The molecule has 1 rings (SSSR count). The molecule has 2 N–H and O–H groups in total. The van der Waals surface area contributed by atoms with Gasteiger partial charge in [0.25, 0.3) is 0 Å². The molecule has 0 saturated heterocycles. The van der Waals surface area contributed by atoms with Crippen LogP contribution in [0.15, 0.2) is 6.33 Å². The summed E-state index contributed by atoms with van der Waals surface area (Å²) >= 11 is 0. The van der Waals surface area contributed by atoms with Gasteiger partial charge in [-0.15, -0.1) is 10.2 Å². The van der Waals surface area contributed by atoms with Gasteiger partial charge in [-0.05, 0) is 0 Å². The van der Waals surface area contributed by atoms with Crippen LogP contribution in [0.4, 0.5) is 0 Å². The van der Waals surface area contributed by atoms with Crippen LogP contribution in [0, 0.1) is 0 Å². The zero-order valence-electron chi connectivity index (χ0n) is 7.71. The first kappa shape index (κ1) is 11.1. The molecular weight excluding hydrogens is 208 g/mol. The molecule has 0 aliphatic heterocycles. The fourth-order valence-corrected chi connectivity index (χ4v) is 1.57. The molecule has 8 heteroatoms. The van der Waals surface area contributed by atoms with Crippen molar-refractivity contribution in [2.45, 2.75) is 6.54 Å². The highest BCUT2D eigenvalue weighted by Crippen LogP contribution is 1.92. The van der Waals surface area contributed by atoms with E-state index >= 15 is 0 Å². The van der Waals surface area contributed by atoms with Gasteiger partial charge in [-0.25, -0.2) is 13.1 Å². The van der Waals surface area contributed by atoms with Gasteiger partial charge in [-0.2, -0.15) is 0 Å². The predicted octanol–water partition coefficient (Wildman–Crippen LogP) is -1.77. The fourth-order valence-electron chi connectivity index (χ4n) is 0.834. The molecule has 1 heterocycles. The molecule has 0 aliphatic carbocycles. The normalized spacial score (nSPS) is 11.9. The van der Waals surface area contributed by atoms with Crippen molar-refractivity contribution in [1.29, 1.82) is 0 Å². The second kappa shape index (κ2) is 4.49. The molecule has 0 unspecified atom stereocenters. The summed E-state index contributed by atoms with van der Waals surface area (Å²) in [5, 5.41) is 15.8. The van der Waals surface area contributed by atoms with Crippen LogP contribution < -0.4 is 4.72 Å². The first-order valence-electron chi connectivity index (χ1n) is 3.96. The van der Waals surface area contributed by atoms with E-state index in [-0.39, 0.29) is 12.3 Å². The van der Waals surface area contributed by atoms with Crippen LogP contribution in [0.1, 0.15) is 5.82 Å². The Labute approximate surface area is 81.8 Å². The molecular formula is C6H12N4O3S. The van der Waals surface area contributed by atoms with Gasteiger partial charge in [0.05, 0.1) is 18.9 Å². The van der Waals surface area contributed by atoms with Crippen molar-refractivity contribution in [3.8, 4) is 0 Å². The molecule has 1 aromatic heterocycles. The van der Waals surface area contributed by atoms with E-state index in [0.717, 1.165) is 0 Å². The lowest BCUT2D eigenvalue weighted by atomic mass is 10.6. The monoisotopic (exact) mass is 220 g/mol. The summed E-state index contributed by atoms with van der Waals surface area (Å²) in [6.45, 7) is -0.313. The highest BCUT2D eigenvalue weighted by atomic mass is 32.2. The molecule has 14 heavy (non-hydrogen) atoms. The zero-order valence-corrected chi connectivity index (χ0v) is 8.53. The van der Waals surface area contributed by atoms with Crippen molar-refractivity contribution in [1.82, 2.24) is 19.5 Å². The van der Waals surface area contributed by atoms with Crippen LogP contribution in [0.2, 0.25) is 0 Å². The summed E-state index contributed by atoms with van der Waals surface area (Å²) in [5.74, 6) is 0.219. The van der Waals surface area contributed by atoms with Gasteiger partial charge in [-0.1, -0.05) is 0 Å². The van der Waals surface area contributed by atoms with Crippen LogP contribution in [-0.2, 0) is 23.6 Å². The quantitative estimate of drug-likeness (QED) is 0.612. The van der Waals surface area contributed by atoms with E-state index in [9.17, 15) is 8.42 Å². The average Bonchev–Trinajstić information content (AvgIpc) is 2.48. The Hall–Kier alpha value is -0.990. The van der Waals surface area contributed by atoms with Crippen LogP contribution in [0.5, 0.6) is 0 Å². The number of rotatable bonds is 5. The predicted molar refractivity (Wildman–Crippen MR) is 48.7 cm³/mol. The Balaban J connectivity index is 2.53. The summed E-state index contributed by atoms with van der Waals surface area (Å²) in [7, 11) is -1.69. The number of nitrogens with zero attached hydrogens (tertiary/aromatic N) is 3. The first-order chi connectivity index (χ1) is 6.55. The van der Waals surface area contributed by atoms with Gasteiger partial charge in [0.2, 0.25) is 10.0 Å². The summed E-state index contributed by atoms with van der Waals surface area (Å²) in [4.78, 5) is 0. The van der Waals surface area contributed by atoms with Crippen LogP contribution >= 0.6 is 0 Å². The molecule has 0 radical (unpaired) electrons. The van der Waals surface area contributed by atoms with Crippen molar-refractivity contribution in [2.24, 2.45) is 7.05 Å².